The van der Waals surface area contributed by atoms with Crippen LogP contribution in [0.2, 0.25) is 0 Å². The molecule has 0 aromatic carbocycles. The molecule has 0 spiro atoms. The van der Waals surface area contributed by atoms with Gasteiger partial charge in [0, 0.05) is 31.3 Å². The first kappa shape index (κ1) is 11.2. The van der Waals surface area contributed by atoms with Crippen molar-refractivity contribution in [3.8, 4) is 0 Å². The molecule has 92 valence electrons. The van der Waals surface area contributed by atoms with Crippen LogP contribution in [-0.2, 0) is 11.2 Å². The average Bonchev–Trinajstić information content (AvgIpc) is 2.94. The number of aromatic nitrogens is 2. The fourth-order valence-corrected chi connectivity index (χ4v) is 3.08. The van der Waals surface area contributed by atoms with Crippen molar-refractivity contribution in [3.63, 3.8) is 0 Å². The quantitative estimate of drug-likeness (QED) is 0.881. The zero-order valence-electron chi connectivity index (χ0n) is 9.80. The highest BCUT2D eigenvalue weighted by molar-refractivity contribution is 7.15. The molecule has 3 rings (SSSR count). The zero-order valence-corrected chi connectivity index (χ0v) is 10.6. The number of rotatable bonds is 5. The number of aliphatic hydroxyl groups is 1. The second kappa shape index (κ2) is 4.08. The Hall–Kier alpha value is -0.910. The Kier molecular flexibility index (Phi) is 2.69. The summed E-state index contributed by atoms with van der Waals surface area (Å²) in [4.78, 5) is 5.50. The van der Waals surface area contributed by atoms with Crippen LogP contribution in [0.25, 0.3) is 4.96 Å². The Bertz CT molecular complexity index is 489. The molecule has 1 unspecified atom stereocenters. The maximum Gasteiger partial charge on any atom is 0.193 e. The molecule has 0 radical (unpaired) electrons. The average molecular weight is 252 g/mol. The topological polar surface area (TPSA) is 46.8 Å². The molecule has 1 fully saturated rings. The molecule has 0 aliphatic heterocycles. The van der Waals surface area contributed by atoms with Gasteiger partial charge in [0.1, 0.15) is 0 Å². The molecule has 2 aromatic rings. The van der Waals surface area contributed by atoms with Crippen molar-refractivity contribution in [1.29, 1.82) is 0 Å². The number of methoxy groups -OCH3 is 1. The number of thiazole rings is 1. The lowest BCUT2D eigenvalue weighted by atomic mass is 9.93. The van der Waals surface area contributed by atoms with Gasteiger partial charge in [-0.25, -0.2) is 4.98 Å². The summed E-state index contributed by atoms with van der Waals surface area (Å²) in [6.07, 6.45) is 6.77. The third-order valence-corrected chi connectivity index (χ3v) is 4.13. The molecule has 1 saturated carbocycles. The Morgan fingerprint density at radius 3 is 3.12 bits per heavy atom. The molecule has 0 bridgehead atoms. The van der Waals surface area contributed by atoms with Crippen LogP contribution in [0.15, 0.2) is 17.8 Å². The molecule has 1 aliphatic rings. The van der Waals surface area contributed by atoms with Crippen LogP contribution in [0.4, 0.5) is 0 Å². The summed E-state index contributed by atoms with van der Waals surface area (Å²) >= 11 is 1.61. The van der Waals surface area contributed by atoms with Crippen molar-refractivity contribution < 1.29 is 9.84 Å². The van der Waals surface area contributed by atoms with Crippen molar-refractivity contribution in [2.45, 2.75) is 24.9 Å². The van der Waals surface area contributed by atoms with Gasteiger partial charge >= 0.3 is 0 Å². The van der Waals surface area contributed by atoms with E-state index in [1.165, 1.54) is 0 Å². The van der Waals surface area contributed by atoms with Gasteiger partial charge in [0.25, 0.3) is 0 Å². The van der Waals surface area contributed by atoms with Gasteiger partial charge in [-0.05, 0) is 18.8 Å². The Labute approximate surface area is 104 Å². The number of hydrogen-bond donors (Lipinski definition) is 1. The fraction of sp³-hybridized carbons (Fsp3) is 0.583. The van der Waals surface area contributed by atoms with E-state index in [2.05, 4.69) is 4.98 Å². The van der Waals surface area contributed by atoms with E-state index in [4.69, 9.17) is 4.74 Å². The van der Waals surface area contributed by atoms with E-state index in [1.54, 1.807) is 18.4 Å². The summed E-state index contributed by atoms with van der Waals surface area (Å²) in [7, 11) is 1.64. The van der Waals surface area contributed by atoms with Crippen LogP contribution in [0, 0.1) is 5.92 Å². The normalized spacial score (nSPS) is 19.6. The first-order valence-electron chi connectivity index (χ1n) is 5.84. The molecule has 1 aliphatic carbocycles. The second-order valence-electron chi connectivity index (χ2n) is 4.81. The van der Waals surface area contributed by atoms with Gasteiger partial charge < -0.3 is 9.84 Å². The van der Waals surface area contributed by atoms with Gasteiger partial charge in [-0.2, -0.15) is 0 Å². The van der Waals surface area contributed by atoms with Crippen LogP contribution >= 0.6 is 11.3 Å². The number of nitrogens with zero attached hydrogens (tertiary/aromatic N) is 2. The van der Waals surface area contributed by atoms with Crippen LogP contribution < -0.4 is 0 Å². The lowest BCUT2D eigenvalue weighted by Gasteiger charge is -2.26. The summed E-state index contributed by atoms with van der Waals surface area (Å²) in [5.74, 6) is 0.377. The molecular formula is C12H16N2O2S. The van der Waals surface area contributed by atoms with E-state index in [-0.39, 0.29) is 0 Å². The van der Waals surface area contributed by atoms with Gasteiger partial charge in [-0.1, -0.05) is 0 Å². The van der Waals surface area contributed by atoms with Crippen molar-refractivity contribution in [3.05, 3.63) is 23.5 Å². The van der Waals surface area contributed by atoms with Gasteiger partial charge in [-0.3, -0.25) is 4.40 Å². The monoisotopic (exact) mass is 252 g/mol. The lowest BCUT2D eigenvalue weighted by Crippen LogP contribution is -2.39. The molecule has 2 aromatic heterocycles. The molecule has 2 heterocycles. The van der Waals surface area contributed by atoms with E-state index in [0.29, 0.717) is 18.9 Å². The molecule has 0 amide bonds. The molecular weight excluding hydrogens is 236 g/mol. The summed E-state index contributed by atoms with van der Waals surface area (Å²) in [5, 5.41) is 12.6. The summed E-state index contributed by atoms with van der Waals surface area (Å²) in [5.41, 5.74) is 0.210. The number of ether oxygens (including phenoxy) is 1. The number of hydrogen-bond acceptors (Lipinski definition) is 4. The van der Waals surface area contributed by atoms with Crippen molar-refractivity contribution in [2.24, 2.45) is 5.92 Å². The van der Waals surface area contributed by atoms with Gasteiger partial charge in [0.05, 0.1) is 17.9 Å². The van der Waals surface area contributed by atoms with Gasteiger partial charge in [0.15, 0.2) is 4.96 Å². The largest absolute Gasteiger partial charge is 0.387 e. The highest BCUT2D eigenvalue weighted by Gasteiger charge is 2.44. The standard InChI is InChI=1S/C12H16N2O2S/c1-16-8-12(15,9-2-3-9)6-10-7-14-4-5-17-11(14)13-10/h4-5,7,9,15H,2-3,6,8H2,1H3. The SMILES string of the molecule is COCC(O)(Cc1cn2ccsc2n1)C1CC1. The maximum atomic E-state index is 10.6. The number of imidazole rings is 1. The zero-order chi connectivity index (χ0) is 11.9. The second-order valence-corrected chi connectivity index (χ2v) is 5.69. The van der Waals surface area contributed by atoms with Crippen molar-refractivity contribution in [1.82, 2.24) is 9.38 Å². The summed E-state index contributed by atoms with van der Waals surface area (Å²) in [6.45, 7) is 0.392. The molecule has 0 saturated heterocycles. The molecule has 1 N–H and O–H groups in total. The van der Waals surface area contributed by atoms with Crippen LogP contribution in [0.1, 0.15) is 18.5 Å². The highest BCUT2D eigenvalue weighted by Crippen LogP contribution is 2.41. The maximum absolute atomic E-state index is 10.6. The van der Waals surface area contributed by atoms with Gasteiger partial charge in [-0.15, -0.1) is 11.3 Å². The van der Waals surface area contributed by atoms with E-state index < -0.39 is 5.60 Å². The Morgan fingerprint density at radius 2 is 2.47 bits per heavy atom. The highest BCUT2D eigenvalue weighted by atomic mass is 32.1. The van der Waals surface area contributed by atoms with E-state index in [0.717, 1.165) is 23.5 Å². The Balaban J connectivity index is 1.82. The summed E-state index contributed by atoms with van der Waals surface area (Å²) < 4.78 is 7.15. The lowest BCUT2D eigenvalue weighted by molar-refractivity contribution is -0.0479. The third-order valence-electron chi connectivity index (χ3n) is 3.36. The van der Waals surface area contributed by atoms with Crippen molar-refractivity contribution >= 4 is 16.3 Å². The first-order chi connectivity index (χ1) is 8.21. The minimum atomic E-state index is -0.737. The van der Waals surface area contributed by atoms with E-state index >= 15 is 0 Å². The Morgan fingerprint density at radius 1 is 1.65 bits per heavy atom. The minimum absolute atomic E-state index is 0.377. The van der Waals surface area contributed by atoms with Crippen molar-refractivity contribution in [2.75, 3.05) is 13.7 Å². The first-order valence-corrected chi connectivity index (χ1v) is 6.72. The van der Waals surface area contributed by atoms with E-state index in [9.17, 15) is 5.11 Å². The molecule has 5 heteroatoms. The van der Waals surface area contributed by atoms with Gasteiger partial charge in [0.2, 0.25) is 0 Å². The minimum Gasteiger partial charge on any atom is -0.387 e. The predicted molar refractivity (Wildman–Crippen MR) is 66.3 cm³/mol. The van der Waals surface area contributed by atoms with Crippen LogP contribution in [0.5, 0.6) is 0 Å². The summed E-state index contributed by atoms with van der Waals surface area (Å²) in [6, 6.07) is 0. The fourth-order valence-electron chi connectivity index (χ4n) is 2.36. The molecule has 1 atom stereocenters. The smallest absolute Gasteiger partial charge is 0.193 e. The van der Waals surface area contributed by atoms with E-state index in [1.807, 2.05) is 22.2 Å². The van der Waals surface area contributed by atoms with Crippen LogP contribution in [0.3, 0.4) is 0 Å². The molecule has 4 nitrogen and oxygen atoms in total. The molecule has 17 heavy (non-hydrogen) atoms. The predicted octanol–water partition coefficient (Wildman–Crippen LogP) is 1.73. The van der Waals surface area contributed by atoms with Crippen LogP contribution in [-0.4, -0.2) is 33.8 Å². The third kappa shape index (κ3) is 2.10. The number of fused-ring (bicyclic) bond motifs is 1.